The highest BCUT2D eigenvalue weighted by Crippen LogP contribution is 2.38. The zero-order valence-corrected chi connectivity index (χ0v) is 51.2. The Hall–Kier alpha value is -4.02. The number of aliphatic hydroxyl groups is 2. The molecule has 0 aromatic heterocycles. The number of fused-ring (bicyclic) bond motifs is 3. The number of ether oxygens (including phenoxy) is 10. The quantitative estimate of drug-likeness (QED) is 0.0487. The second-order valence-corrected chi connectivity index (χ2v) is 23.2. The summed E-state index contributed by atoms with van der Waals surface area (Å²) in [5.74, 6) is -8.73. The molecule has 1 aliphatic carbocycles. The smallest absolute Gasteiger partial charge is 0.329 e. The van der Waals surface area contributed by atoms with Crippen LogP contribution in [0.1, 0.15) is 145 Å². The van der Waals surface area contributed by atoms with E-state index in [1.807, 2.05) is 65.0 Å². The van der Waals surface area contributed by atoms with Crippen LogP contribution in [0.15, 0.2) is 47.6 Å². The van der Waals surface area contributed by atoms with E-state index in [0.29, 0.717) is 129 Å². The lowest BCUT2D eigenvalue weighted by Crippen LogP contribution is -2.61. The molecule has 1 saturated carbocycles. The zero-order chi connectivity index (χ0) is 60.4. The van der Waals surface area contributed by atoms with Crippen molar-refractivity contribution < 1.29 is 86.3 Å². The number of aliphatic hydroxyl groups excluding tert-OH is 1. The molecular formula is C63H101NO18. The van der Waals surface area contributed by atoms with Gasteiger partial charge in [-0.05, 0) is 120 Å². The Balaban J connectivity index is 1.53. The Bertz CT molecular complexity index is 2130. The molecule has 4 rings (SSSR count). The predicted molar refractivity (Wildman–Crippen MR) is 307 cm³/mol. The molecule has 466 valence electrons. The van der Waals surface area contributed by atoms with Gasteiger partial charge >= 0.3 is 11.9 Å². The second kappa shape index (κ2) is 36.7. The first kappa shape index (κ1) is 70.5. The zero-order valence-electron chi connectivity index (χ0n) is 51.2. The van der Waals surface area contributed by atoms with Crippen LogP contribution < -0.4 is 0 Å². The van der Waals surface area contributed by atoms with Crippen LogP contribution in [-0.2, 0) is 76.1 Å². The Morgan fingerprint density at radius 1 is 0.780 bits per heavy atom. The summed E-state index contributed by atoms with van der Waals surface area (Å²) < 4.78 is 57.7. The van der Waals surface area contributed by atoms with Crippen molar-refractivity contribution in [2.45, 2.75) is 200 Å². The molecule has 0 aromatic rings. The van der Waals surface area contributed by atoms with Crippen molar-refractivity contribution in [2.24, 2.45) is 35.5 Å². The van der Waals surface area contributed by atoms with Crippen LogP contribution in [0.2, 0.25) is 0 Å². The fourth-order valence-electron chi connectivity index (χ4n) is 11.6. The van der Waals surface area contributed by atoms with Gasteiger partial charge in [0.2, 0.25) is 5.79 Å². The molecule has 0 unspecified atom stereocenters. The summed E-state index contributed by atoms with van der Waals surface area (Å²) in [6.07, 6.45) is 11.3. The minimum absolute atomic E-state index is 0.00156. The van der Waals surface area contributed by atoms with Crippen molar-refractivity contribution in [1.82, 2.24) is 4.90 Å². The van der Waals surface area contributed by atoms with Gasteiger partial charge in [0, 0.05) is 78.1 Å². The maximum atomic E-state index is 14.6. The molecule has 0 aromatic carbocycles. The first-order valence-corrected chi connectivity index (χ1v) is 30.2. The lowest BCUT2D eigenvalue weighted by Gasteiger charge is -2.42. The summed E-state index contributed by atoms with van der Waals surface area (Å²) in [7, 11) is 4.53. The summed E-state index contributed by atoms with van der Waals surface area (Å²) in [6, 6.07) is -1.18. The number of rotatable bonds is 21. The van der Waals surface area contributed by atoms with E-state index in [0.717, 1.165) is 5.57 Å². The van der Waals surface area contributed by atoms with Crippen LogP contribution in [0.4, 0.5) is 0 Å². The molecule has 2 saturated heterocycles. The van der Waals surface area contributed by atoms with Crippen LogP contribution >= 0.6 is 0 Å². The van der Waals surface area contributed by atoms with Gasteiger partial charge in [-0.15, -0.1) is 0 Å². The first-order valence-electron chi connectivity index (χ1n) is 30.2. The summed E-state index contributed by atoms with van der Waals surface area (Å²) in [5.41, 5.74) is 1.23. The average Bonchev–Trinajstić information content (AvgIpc) is 3.40. The molecule has 3 fully saturated rings. The topological polar surface area (TPSA) is 238 Å². The maximum Gasteiger partial charge on any atom is 0.329 e. The standard InChI is InChI=1S/C63H101NO18/c1-12-76-29-30-78-33-34-79-32-31-77-28-18-22-56(66)80-52-26-24-48(38-55(52)74-10)37-44(5)54-40-51(65)43(4)36-46(7)58(68)59(75-11)57(67)45(6)35-41(2)19-14-13-15-20-42(3)53(73-9)39-49-25-23-47(8)63(72,82-49)60(69)61(70)64-27-17-16-21-50(64)62(71)81-54/h13-15,19-20,36,41,43-45,47-50,52-55,58-59,68,72H,12,16-18,21-35,37-40H2,1-11H3/b15-13+,19-14+,42-20+,46-36+/t41-,43-,44-,45-,47-,48+,49+,50+,52-,53+,54+,55-,58-,59+,63-/m1/s1. The molecule has 3 aliphatic heterocycles. The van der Waals surface area contributed by atoms with Gasteiger partial charge < -0.3 is 62.5 Å². The highest BCUT2D eigenvalue weighted by Gasteiger charge is 2.53. The monoisotopic (exact) mass is 1160 g/mol. The number of cyclic esters (lactones) is 1. The lowest BCUT2D eigenvalue weighted by molar-refractivity contribution is -0.265. The lowest BCUT2D eigenvalue weighted by atomic mass is 9.78. The third kappa shape index (κ3) is 22.1. The van der Waals surface area contributed by atoms with Crippen LogP contribution in [0.3, 0.4) is 0 Å². The fraction of sp³-hybridized carbons (Fsp3) is 0.778. The van der Waals surface area contributed by atoms with Crippen molar-refractivity contribution in [3.05, 3.63) is 47.6 Å². The SMILES string of the molecule is CCOCCOCCOCCOCCCC(=O)O[C@@H]1CC[C@@H](C[C@@H](C)[C@@H]2CC(=O)[C@H](C)/C=C(\C)[C@@H](O)[C@@H](OC)C(=O)[C@H](C)C[C@H](C)/C=C/C=C/C=C(\C)[C@@H](OC)C[C@@H]3CC[C@@H](C)[C@@](O)(O3)C(=O)C(=O)N3CCCC[C@H]3C(=O)O2)C[C@H]1OC. The Morgan fingerprint density at radius 2 is 1.46 bits per heavy atom. The van der Waals surface area contributed by atoms with Crippen molar-refractivity contribution in [1.29, 1.82) is 0 Å². The van der Waals surface area contributed by atoms with E-state index in [9.17, 15) is 39.0 Å². The third-order valence-electron chi connectivity index (χ3n) is 16.7. The number of Topliss-reactive ketones (excluding diaryl/α,β-unsaturated/α-hetero) is 3. The molecular weight excluding hydrogens is 1060 g/mol. The number of nitrogens with zero attached hydrogens (tertiary/aromatic N) is 1. The molecule has 2 N–H and O–H groups in total. The van der Waals surface area contributed by atoms with Gasteiger partial charge in [-0.2, -0.15) is 0 Å². The maximum absolute atomic E-state index is 14.6. The number of hydrogen-bond donors (Lipinski definition) is 2. The molecule has 19 heteroatoms. The minimum Gasteiger partial charge on any atom is -0.460 e. The summed E-state index contributed by atoms with van der Waals surface area (Å²) in [5, 5.41) is 23.6. The predicted octanol–water partition coefficient (Wildman–Crippen LogP) is 7.60. The van der Waals surface area contributed by atoms with Gasteiger partial charge in [-0.1, -0.05) is 71.1 Å². The molecule has 0 spiro atoms. The van der Waals surface area contributed by atoms with Crippen molar-refractivity contribution in [2.75, 3.05) is 80.7 Å². The fourth-order valence-corrected chi connectivity index (χ4v) is 11.6. The van der Waals surface area contributed by atoms with E-state index >= 15 is 0 Å². The van der Waals surface area contributed by atoms with E-state index < -0.39 is 95.9 Å². The van der Waals surface area contributed by atoms with E-state index in [2.05, 4.69) is 0 Å². The molecule has 15 atom stereocenters. The Labute approximate surface area is 488 Å². The van der Waals surface area contributed by atoms with Crippen LogP contribution in [0.25, 0.3) is 0 Å². The number of carbonyl (C=O) groups excluding carboxylic acids is 6. The summed E-state index contributed by atoms with van der Waals surface area (Å²) in [6.45, 7) is 18.4. The number of amides is 1. The van der Waals surface area contributed by atoms with E-state index in [1.165, 1.54) is 12.0 Å². The van der Waals surface area contributed by atoms with Gasteiger partial charge in [-0.3, -0.25) is 24.0 Å². The molecule has 3 heterocycles. The number of methoxy groups -OCH3 is 3. The highest BCUT2D eigenvalue weighted by atomic mass is 16.6. The molecule has 19 nitrogen and oxygen atoms in total. The number of piperidine rings is 1. The normalized spacial score (nSPS) is 34.4. The van der Waals surface area contributed by atoms with Gasteiger partial charge in [0.1, 0.15) is 36.2 Å². The number of allylic oxidation sites excluding steroid dienone is 6. The van der Waals surface area contributed by atoms with E-state index in [-0.39, 0.29) is 55.2 Å². The van der Waals surface area contributed by atoms with E-state index in [4.69, 9.17) is 47.4 Å². The second-order valence-electron chi connectivity index (χ2n) is 23.2. The highest BCUT2D eigenvalue weighted by molar-refractivity contribution is 6.39. The van der Waals surface area contributed by atoms with Crippen LogP contribution in [-0.4, -0.2) is 186 Å². The molecule has 4 aliphatic rings. The van der Waals surface area contributed by atoms with Crippen LogP contribution in [0, 0.1) is 35.5 Å². The summed E-state index contributed by atoms with van der Waals surface area (Å²) in [4.78, 5) is 85.8. The van der Waals surface area contributed by atoms with Gasteiger partial charge in [0.15, 0.2) is 5.78 Å². The number of carbonyl (C=O) groups is 6. The molecule has 1 amide bonds. The third-order valence-corrected chi connectivity index (χ3v) is 16.7. The molecule has 2 bridgehead atoms. The van der Waals surface area contributed by atoms with Gasteiger partial charge in [-0.25, -0.2) is 4.79 Å². The molecule has 82 heavy (non-hydrogen) atoms. The largest absolute Gasteiger partial charge is 0.460 e. The Morgan fingerprint density at radius 3 is 2.12 bits per heavy atom. The van der Waals surface area contributed by atoms with E-state index in [1.54, 1.807) is 41.1 Å². The first-order chi connectivity index (χ1) is 39.2. The molecule has 0 radical (unpaired) electrons. The number of hydrogen-bond acceptors (Lipinski definition) is 18. The number of ketones is 3. The minimum atomic E-state index is -2.46. The van der Waals surface area contributed by atoms with Crippen molar-refractivity contribution >= 4 is 35.2 Å². The van der Waals surface area contributed by atoms with Gasteiger partial charge in [0.25, 0.3) is 11.7 Å². The van der Waals surface area contributed by atoms with Crippen LogP contribution in [0.5, 0.6) is 0 Å². The number of esters is 2. The Kier molecular flexibility index (Phi) is 31.6. The van der Waals surface area contributed by atoms with Crippen molar-refractivity contribution in [3.8, 4) is 0 Å². The average molecular weight is 1160 g/mol. The summed E-state index contributed by atoms with van der Waals surface area (Å²) >= 11 is 0. The van der Waals surface area contributed by atoms with Crippen molar-refractivity contribution in [3.63, 3.8) is 0 Å². The van der Waals surface area contributed by atoms with Gasteiger partial charge in [0.05, 0.1) is 58.0 Å².